The fourth-order valence-corrected chi connectivity index (χ4v) is 3.20. The third-order valence-corrected chi connectivity index (χ3v) is 4.62. The molecular weight excluding hydrogens is 254 g/mol. The third-order valence-electron chi connectivity index (χ3n) is 4.62. The van der Waals surface area contributed by atoms with Gasteiger partial charge in [-0.3, -0.25) is 0 Å². The molecule has 0 saturated carbocycles. The molecule has 0 aromatic heterocycles. The first-order valence-corrected chi connectivity index (χ1v) is 8.90. The van der Waals surface area contributed by atoms with Crippen LogP contribution in [0.2, 0.25) is 0 Å². The normalized spacial score (nSPS) is 14.1. The highest BCUT2D eigenvalue weighted by Gasteiger charge is 2.16. The summed E-state index contributed by atoms with van der Waals surface area (Å²) in [6.45, 7) is 12.4. The maximum Gasteiger partial charge on any atom is 0.0110 e. The molecule has 0 radical (unpaired) electrons. The first-order chi connectivity index (χ1) is 10.1. The van der Waals surface area contributed by atoms with E-state index >= 15 is 0 Å². The van der Waals surface area contributed by atoms with Gasteiger partial charge < -0.3 is 5.32 Å². The van der Waals surface area contributed by atoms with Gasteiger partial charge in [0.2, 0.25) is 0 Å². The maximum absolute atomic E-state index is 3.72. The van der Waals surface area contributed by atoms with Crippen LogP contribution in [0.4, 0.5) is 0 Å². The van der Waals surface area contributed by atoms with Crippen molar-refractivity contribution in [1.82, 2.24) is 5.32 Å². The Balaban J connectivity index is 2.69. The second kappa shape index (κ2) is 10.00. The molecule has 2 unspecified atom stereocenters. The Morgan fingerprint density at radius 3 is 2.48 bits per heavy atom. The highest BCUT2D eigenvalue weighted by Crippen LogP contribution is 2.22. The number of hydrogen-bond acceptors (Lipinski definition) is 1. The van der Waals surface area contributed by atoms with Crippen molar-refractivity contribution >= 4 is 0 Å². The molecule has 0 saturated heterocycles. The van der Waals surface area contributed by atoms with Gasteiger partial charge in [-0.25, -0.2) is 0 Å². The zero-order valence-electron chi connectivity index (χ0n) is 14.8. The van der Waals surface area contributed by atoms with E-state index in [1.807, 2.05) is 0 Å². The molecule has 0 bridgehead atoms. The summed E-state index contributed by atoms with van der Waals surface area (Å²) in [5.74, 6) is 0.874. The van der Waals surface area contributed by atoms with E-state index in [0.29, 0.717) is 6.04 Å². The van der Waals surface area contributed by atoms with Crippen molar-refractivity contribution in [3.63, 3.8) is 0 Å². The van der Waals surface area contributed by atoms with E-state index in [-0.39, 0.29) is 0 Å². The zero-order chi connectivity index (χ0) is 15.7. The summed E-state index contributed by atoms with van der Waals surface area (Å²) in [4.78, 5) is 0. The SMILES string of the molecule is CCCCC(CC)CC(Cc1cc(C)ccc1C)NCC. The predicted molar refractivity (Wildman–Crippen MR) is 95.0 cm³/mol. The number of rotatable bonds is 10. The molecule has 120 valence electrons. The van der Waals surface area contributed by atoms with Crippen LogP contribution >= 0.6 is 0 Å². The number of unbranched alkanes of at least 4 members (excludes halogenated alkanes) is 1. The summed E-state index contributed by atoms with van der Waals surface area (Å²) in [7, 11) is 0. The van der Waals surface area contributed by atoms with Crippen molar-refractivity contribution in [2.24, 2.45) is 5.92 Å². The lowest BCUT2D eigenvalue weighted by Crippen LogP contribution is -2.33. The van der Waals surface area contributed by atoms with Crippen LogP contribution in [0.1, 0.15) is 69.6 Å². The van der Waals surface area contributed by atoms with Crippen LogP contribution in [0.5, 0.6) is 0 Å². The summed E-state index contributed by atoms with van der Waals surface area (Å²) >= 11 is 0. The molecule has 0 heterocycles. The van der Waals surface area contributed by atoms with Crippen LogP contribution in [0.3, 0.4) is 0 Å². The van der Waals surface area contributed by atoms with Gasteiger partial charge in [0.15, 0.2) is 0 Å². The minimum Gasteiger partial charge on any atom is -0.314 e. The molecule has 21 heavy (non-hydrogen) atoms. The van der Waals surface area contributed by atoms with Gasteiger partial charge in [-0.15, -0.1) is 0 Å². The average molecular weight is 290 g/mol. The molecule has 1 rings (SSSR count). The second-order valence-electron chi connectivity index (χ2n) is 6.54. The van der Waals surface area contributed by atoms with Crippen molar-refractivity contribution < 1.29 is 0 Å². The van der Waals surface area contributed by atoms with Crippen molar-refractivity contribution in [1.29, 1.82) is 0 Å². The van der Waals surface area contributed by atoms with Crippen molar-refractivity contribution in [3.8, 4) is 0 Å². The van der Waals surface area contributed by atoms with Gasteiger partial charge in [0, 0.05) is 6.04 Å². The quantitative estimate of drug-likeness (QED) is 0.605. The van der Waals surface area contributed by atoms with Gasteiger partial charge in [-0.1, -0.05) is 70.2 Å². The molecule has 1 nitrogen and oxygen atoms in total. The second-order valence-corrected chi connectivity index (χ2v) is 6.54. The number of likely N-dealkylation sites (N-methyl/N-ethyl adjacent to an activating group) is 1. The van der Waals surface area contributed by atoms with E-state index in [1.165, 1.54) is 55.2 Å². The lowest BCUT2D eigenvalue weighted by Gasteiger charge is -2.24. The first kappa shape index (κ1) is 18.2. The van der Waals surface area contributed by atoms with Crippen LogP contribution in [0.15, 0.2) is 18.2 Å². The molecule has 1 aromatic carbocycles. The fraction of sp³-hybridized carbons (Fsp3) is 0.700. The number of hydrogen-bond donors (Lipinski definition) is 1. The van der Waals surface area contributed by atoms with E-state index < -0.39 is 0 Å². The Kier molecular flexibility index (Phi) is 8.68. The molecule has 2 atom stereocenters. The van der Waals surface area contributed by atoms with Crippen LogP contribution in [0.25, 0.3) is 0 Å². The molecule has 0 aliphatic rings. The largest absolute Gasteiger partial charge is 0.314 e. The van der Waals surface area contributed by atoms with Crippen LogP contribution in [-0.2, 0) is 6.42 Å². The monoisotopic (exact) mass is 289 g/mol. The summed E-state index contributed by atoms with van der Waals surface area (Å²) in [5, 5.41) is 3.72. The molecule has 1 aromatic rings. The van der Waals surface area contributed by atoms with Gasteiger partial charge in [-0.05, 0) is 50.3 Å². The Labute approximate surface area is 132 Å². The van der Waals surface area contributed by atoms with Gasteiger partial charge in [0.1, 0.15) is 0 Å². The molecule has 1 heteroatoms. The van der Waals surface area contributed by atoms with E-state index in [9.17, 15) is 0 Å². The average Bonchev–Trinajstić information content (AvgIpc) is 2.47. The van der Waals surface area contributed by atoms with E-state index in [0.717, 1.165) is 12.5 Å². The maximum atomic E-state index is 3.72. The third kappa shape index (κ3) is 6.65. The van der Waals surface area contributed by atoms with Crippen molar-refractivity contribution in [2.75, 3.05) is 6.54 Å². The van der Waals surface area contributed by atoms with Crippen molar-refractivity contribution in [2.45, 2.75) is 79.2 Å². The van der Waals surface area contributed by atoms with Crippen LogP contribution in [0, 0.1) is 19.8 Å². The van der Waals surface area contributed by atoms with Gasteiger partial charge in [0.25, 0.3) is 0 Å². The van der Waals surface area contributed by atoms with Crippen LogP contribution in [-0.4, -0.2) is 12.6 Å². The zero-order valence-corrected chi connectivity index (χ0v) is 14.8. The smallest absolute Gasteiger partial charge is 0.0110 e. The Morgan fingerprint density at radius 1 is 1.10 bits per heavy atom. The minimum absolute atomic E-state index is 0.623. The summed E-state index contributed by atoms with van der Waals surface area (Å²) in [5.41, 5.74) is 4.33. The van der Waals surface area contributed by atoms with E-state index in [2.05, 4.69) is 58.1 Å². The summed E-state index contributed by atoms with van der Waals surface area (Å²) in [6.07, 6.45) is 7.89. The first-order valence-electron chi connectivity index (χ1n) is 8.90. The van der Waals surface area contributed by atoms with Crippen molar-refractivity contribution in [3.05, 3.63) is 34.9 Å². The molecule has 0 fully saturated rings. The van der Waals surface area contributed by atoms with E-state index in [1.54, 1.807) is 0 Å². The summed E-state index contributed by atoms with van der Waals surface area (Å²) in [6, 6.07) is 7.48. The molecule has 0 spiro atoms. The number of benzene rings is 1. The van der Waals surface area contributed by atoms with Crippen LogP contribution < -0.4 is 5.32 Å². The Bertz CT molecular complexity index is 397. The van der Waals surface area contributed by atoms with E-state index in [4.69, 9.17) is 0 Å². The fourth-order valence-electron chi connectivity index (χ4n) is 3.20. The lowest BCUT2D eigenvalue weighted by molar-refractivity contribution is 0.350. The number of nitrogens with one attached hydrogen (secondary N) is 1. The molecule has 1 N–H and O–H groups in total. The molecule has 0 amide bonds. The standard InChI is InChI=1S/C20H35N/c1-6-9-10-18(7-2)14-20(21-8-3)15-19-13-16(4)11-12-17(19)5/h11-13,18,20-21H,6-10,14-15H2,1-5H3. The van der Waals surface area contributed by atoms with Gasteiger partial charge >= 0.3 is 0 Å². The molecule has 0 aliphatic carbocycles. The minimum atomic E-state index is 0.623. The number of aryl methyl sites for hydroxylation is 2. The Morgan fingerprint density at radius 2 is 1.86 bits per heavy atom. The summed E-state index contributed by atoms with van der Waals surface area (Å²) < 4.78 is 0. The topological polar surface area (TPSA) is 12.0 Å². The van der Waals surface area contributed by atoms with Gasteiger partial charge in [0.05, 0.1) is 0 Å². The lowest BCUT2D eigenvalue weighted by atomic mass is 9.88. The molecule has 0 aliphatic heterocycles. The van der Waals surface area contributed by atoms with Gasteiger partial charge in [-0.2, -0.15) is 0 Å². The highest BCUT2D eigenvalue weighted by atomic mass is 14.9. The predicted octanol–water partition coefficient (Wildman–Crippen LogP) is 5.43. The highest BCUT2D eigenvalue weighted by molar-refractivity contribution is 5.31. The molecular formula is C20H35N. The Hall–Kier alpha value is -0.820.